The summed E-state index contributed by atoms with van der Waals surface area (Å²) in [5.74, 6) is -0.0723. The van der Waals surface area contributed by atoms with Crippen molar-refractivity contribution in [2.45, 2.75) is 31.6 Å². The highest BCUT2D eigenvalue weighted by atomic mass is 16.2. The molecule has 1 saturated heterocycles. The molecule has 29 heavy (non-hydrogen) atoms. The van der Waals surface area contributed by atoms with Gasteiger partial charge in [0, 0.05) is 42.0 Å². The maximum absolute atomic E-state index is 12.9. The van der Waals surface area contributed by atoms with Crippen LogP contribution in [0.4, 0.5) is 16.2 Å². The summed E-state index contributed by atoms with van der Waals surface area (Å²) in [7, 11) is 0. The molecular formula is C23H24N4O2. The molecular weight excluding hydrogens is 364 g/mol. The van der Waals surface area contributed by atoms with Crippen molar-refractivity contribution >= 4 is 29.0 Å². The first kappa shape index (κ1) is 17.9. The van der Waals surface area contributed by atoms with Crippen molar-refractivity contribution in [3.05, 3.63) is 59.2 Å². The van der Waals surface area contributed by atoms with Crippen LogP contribution in [0.5, 0.6) is 0 Å². The van der Waals surface area contributed by atoms with Gasteiger partial charge in [-0.05, 0) is 55.5 Å². The van der Waals surface area contributed by atoms with Gasteiger partial charge in [-0.15, -0.1) is 0 Å². The van der Waals surface area contributed by atoms with Gasteiger partial charge in [-0.3, -0.25) is 9.79 Å². The minimum absolute atomic E-state index is 0.0443. The van der Waals surface area contributed by atoms with Crippen molar-refractivity contribution in [3.8, 4) is 0 Å². The molecule has 0 saturated carbocycles. The van der Waals surface area contributed by atoms with E-state index in [2.05, 4.69) is 35.8 Å². The van der Waals surface area contributed by atoms with Gasteiger partial charge in [-0.25, -0.2) is 4.79 Å². The largest absolute Gasteiger partial charge is 0.352 e. The molecule has 0 radical (unpaired) electrons. The van der Waals surface area contributed by atoms with E-state index in [9.17, 15) is 9.59 Å². The zero-order valence-corrected chi connectivity index (χ0v) is 16.5. The number of nitrogens with one attached hydrogen (secondary N) is 2. The third-order valence-electron chi connectivity index (χ3n) is 6.63. The summed E-state index contributed by atoms with van der Waals surface area (Å²) >= 11 is 0. The van der Waals surface area contributed by atoms with Crippen molar-refractivity contribution in [2.75, 3.05) is 25.0 Å². The average Bonchev–Trinajstić information content (AvgIpc) is 3.01. The van der Waals surface area contributed by atoms with Gasteiger partial charge in [0.15, 0.2) is 0 Å². The van der Waals surface area contributed by atoms with Crippen molar-refractivity contribution in [2.24, 2.45) is 4.99 Å². The molecule has 5 rings (SSSR count). The number of carbonyl (C=O) groups is 2. The van der Waals surface area contributed by atoms with E-state index in [1.165, 1.54) is 5.56 Å². The molecule has 0 atom stereocenters. The van der Waals surface area contributed by atoms with Gasteiger partial charge < -0.3 is 15.5 Å². The molecule has 0 bridgehead atoms. The molecule has 0 unspecified atom stereocenters. The van der Waals surface area contributed by atoms with E-state index >= 15 is 0 Å². The van der Waals surface area contributed by atoms with Gasteiger partial charge in [-0.1, -0.05) is 24.3 Å². The molecule has 1 fully saturated rings. The van der Waals surface area contributed by atoms with Gasteiger partial charge in [0.25, 0.3) is 5.91 Å². The predicted octanol–water partition coefficient (Wildman–Crippen LogP) is 3.64. The number of aliphatic imine (C=N–C) groups is 1. The molecule has 3 aliphatic heterocycles. The van der Waals surface area contributed by atoms with Gasteiger partial charge in [0.05, 0.1) is 5.69 Å². The number of carbonyl (C=O) groups excluding carboxylic acids is 2. The van der Waals surface area contributed by atoms with Crippen LogP contribution in [0.25, 0.3) is 0 Å². The van der Waals surface area contributed by atoms with Crippen molar-refractivity contribution in [1.82, 2.24) is 10.2 Å². The average molecular weight is 388 g/mol. The van der Waals surface area contributed by atoms with Crippen LogP contribution < -0.4 is 10.6 Å². The number of hydrogen-bond acceptors (Lipinski definition) is 3. The monoisotopic (exact) mass is 388 g/mol. The van der Waals surface area contributed by atoms with Gasteiger partial charge in [0.1, 0.15) is 0 Å². The number of amides is 3. The third-order valence-corrected chi connectivity index (χ3v) is 6.63. The highest BCUT2D eigenvalue weighted by Gasteiger charge is 2.44. The highest BCUT2D eigenvalue weighted by molar-refractivity contribution is 6.01. The lowest BCUT2D eigenvalue weighted by Crippen LogP contribution is -2.48. The van der Waals surface area contributed by atoms with Crippen LogP contribution in [0.3, 0.4) is 0 Å². The molecule has 0 aromatic heterocycles. The first-order valence-corrected chi connectivity index (χ1v) is 10.2. The lowest BCUT2D eigenvalue weighted by molar-refractivity contribution is 0.0946. The molecule has 6 nitrogen and oxygen atoms in total. The Morgan fingerprint density at radius 3 is 2.76 bits per heavy atom. The fourth-order valence-corrected chi connectivity index (χ4v) is 4.96. The van der Waals surface area contributed by atoms with E-state index in [1.54, 1.807) is 0 Å². The van der Waals surface area contributed by atoms with Crippen LogP contribution in [0, 0.1) is 0 Å². The van der Waals surface area contributed by atoms with Gasteiger partial charge >= 0.3 is 6.03 Å². The molecule has 6 heteroatoms. The molecule has 2 aromatic rings. The number of hydrogen-bond donors (Lipinski definition) is 2. The Hall–Kier alpha value is -3.15. The molecule has 2 N–H and O–H groups in total. The second kappa shape index (κ2) is 6.72. The van der Waals surface area contributed by atoms with E-state index in [-0.39, 0.29) is 17.4 Å². The SMILES string of the molecule is CC1=Nc2ccccc2C12CCN(C(=O)Nc1cccc3c1CCNC3=O)CC2. The fraction of sp³-hybridized carbons (Fsp3) is 0.348. The first-order chi connectivity index (χ1) is 14.1. The van der Waals surface area contributed by atoms with Crippen LogP contribution in [0.15, 0.2) is 47.5 Å². The Kier molecular flexibility index (Phi) is 4.15. The molecule has 2 aromatic carbocycles. The van der Waals surface area contributed by atoms with Crippen LogP contribution in [0.2, 0.25) is 0 Å². The minimum Gasteiger partial charge on any atom is -0.352 e. The molecule has 148 valence electrons. The lowest BCUT2D eigenvalue weighted by atomic mass is 9.71. The van der Waals surface area contributed by atoms with E-state index in [1.807, 2.05) is 29.2 Å². The number of nitrogens with zero attached hydrogens (tertiary/aromatic N) is 2. The Morgan fingerprint density at radius 2 is 1.93 bits per heavy atom. The molecule has 3 heterocycles. The van der Waals surface area contributed by atoms with E-state index < -0.39 is 0 Å². The Labute approximate surface area is 170 Å². The van der Waals surface area contributed by atoms with Crippen LogP contribution >= 0.6 is 0 Å². The summed E-state index contributed by atoms with van der Waals surface area (Å²) in [5, 5.41) is 5.90. The standard InChI is InChI=1S/C23H24N4O2/c1-15-23(18-6-2-3-7-20(18)25-15)10-13-27(14-11-23)22(29)26-19-8-4-5-17-16(19)9-12-24-21(17)28/h2-8H,9-14H2,1H3,(H,24,28)(H,26,29). The number of likely N-dealkylation sites (tertiary alicyclic amines) is 1. The quantitative estimate of drug-likeness (QED) is 0.783. The van der Waals surface area contributed by atoms with E-state index in [0.717, 1.165) is 41.9 Å². The smallest absolute Gasteiger partial charge is 0.321 e. The predicted molar refractivity (Wildman–Crippen MR) is 113 cm³/mol. The van der Waals surface area contributed by atoms with Crippen LogP contribution in [0.1, 0.15) is 41.3 Å². The van der Waals surface area contributed by atoms with Gasteiger partial charge in [-0.2, -0.15) is 0 Å². The lowest BCUT2D eigenvalue weighted by Gasteiger charge is -2.40. The zero-order chi connectivity index (χ0) is 20.0. The number of fused-ring (bicyclic) bond motifs is 3. The summed E-state index contributed by atoms with van der Waals surface area (Å²) in [4.78, 5) is 31.7. The summed E-state index contributed by atoms with van der Waals surface area (Å²) in [5.41, 5.74) is 5.79. The fourth-order valence-electron chi connectivity index (χ4n) is 4.96. The Bertz CT molecular complexity index is 1030. The number of para-hydroxylation sites is 1. The minimum atomic E-state index is -0.0971. The molecule has 1 spiro atoms. The number of piperidine rings is 1. The number of benzene rings is 2. The van der Waals surface area contributed by atoms with Crippen molar-refractivity contribution in [3.63, 3.8) is 0 Å². The van der Waals surface area contributed by atoms with E-state index in [4.69, 9.17) is 4.99 Å². The topological polar surface area (TPSA) is 73.8 Å². The molecule has 0 aliphatic carbocycles. The highest BCUT2D eigenvalue weighted by Crippen LogP contribution is 2.46. The number of rotatable bonds is 1. The number of anilines is 1. The van der Waals surface area contributed by atoms with Gasteiger partial charge in [0.2, 0.25) is 0 Å². The number of urea groups is 1. The maximum atomic E-state index is 12.9. The summed E-state index contributed by atoms with van der Waals surface area (Å²) in [6, 6.07) is 13.8. The van der Waals surface area contributed by atoms with E-state index in [0.29, 0.717) is 25.2 Å². The Balaban J connectivity index is 1.32. The summed E-state index contributed by atoms with van der Waals surface area (Å²) in [6.07, 6.45) is 2.48. The third kappa shape index (κ3) is 2.82. The zero-order valence-electron chi connectivity index (χ0n) is 16.5. The molecule has 3 aliphatic rings. The normalized spacial score (nSPS) is 19.3. The molecule has 3 amide bonds. The van der Waals surface area contributed by atoms with Crippen LogP contribution in [-0.4, -0.2) is 42.2 Å². The summed E-state index contributed by atoms with van der Waals surface area (Å²) < 4.78 is 0. The summed E-state index contributed by atoms with van der Waals surface area (Å²) in [6.45, 7) is 4.07. The second-order valence-electron chi connectivity index (χ2n) is 8.05. The second-order valence-corrected chi connectivity index (χ2v) is 8.05. The Morgan fingerprint density at radius 1 is 1.14 bits per heavy atom. The maximum Gasteiger partial charge on any atom is 0.321 e. The van der Waals surface area contributed by atoms with Crippen molar-refractivity contribution in [1.29, 1.82) is 0 Å². The van der Waals surface area contributed by atoms with Crippen LogP contribution in [-0.2, 0) is 11.8 Å². The van der Waals surface area contributed by atoms with Crippen molar-refractivity contribution < 1.29 is 9.59 Å². The first-order valence-electron chi connectivity index (χ1n) is 10.2.